The first-order chi connectivity index (χ1) is 7.20. The van der Waals surface area contributed by atoms with Crippen molar-refractivity contribution in [3.63, 3.8) is 0 Å². The Kier molecular flexibility index (Phi) is 3.44. The van der Waals surface area contributed by atoms with E-state index in [0.29, 0.717) is 0 Å². The normalized spacial score (nSPS) is 11.2. The average molecular weight is 266 g/mol. The molecule has 0 aliphatic heterocycles. The molecule has 0 aromatic heterocycles. The van der Waals surface area contributed by atoms with Gasteiger partial charge in [0.05, 0.1) is 5.56 Å². The van der Waals surface area contributed by atoms with E-state index in [4.69, 9.17) is 5.11 Å². The Bertz CT molecular complexity index is 538. The van der Waals surface area contributed by atoms with Crippen LogP contribution in [-0.2, 0) is 10.5 Å². The summed E-state index contributed by atoms with van der Waals surface area (Å²) in [5.41, 5.74) is -0.0104. The second-order valence-electron chi connectivity index (χ2n) is 2.90. The third-order valence-electron chi connectivity index (χ3n) is 1.77. The predicted octanol–water partition coefficient (Wildman–Crippen LogP) is 1.58. The van der Waals surface area contributed by atoms with Crippen LogP contribution in [0, 0.1) is 6.92 Å². The summed E-state index contributed by atoms with van der Waals surface area (Å²) in [7, 11) is -5.19. The molecule has 1 rings (SSSR count). The Morgan fingerprint density at radius 2 is 2.06 bits per heavy atom. The molecule has 0 aliphatic rings. The molecule has 16 heavy (non-hydrogen) atoms. The van der Waals surface area contributed by atoms with E-state index in [1.807, 2.05) is 0 Å². The van der Waals surface area contributed by atoms with Crippen molar-refractivity contribution in [2.75, 3.05) is 0 Å². The van der Waals surface area contributed by atoms with Crippen LogP contribution >= 0.6 is 12.6 Å². The number of benzene rings is 1. The van der Waals surface area contributed by atoms with Crippen molar-refractivity contribution in [1.82, 2.24) is 0 Å². The number of thiol groups is 1. The highest BCUT2D eigenvalue weighted by molar-refractivity contribution is 7.81. The second kappa shape index (κ2) is 4.30. The molecule has 0 spiro atoms. The molecule has 0 amide bonds. The largest absolute Gasteiger partial charge is 0.488 e. The van der Waals surface area contributed by atoms with Gasteiger partial charge in [-0.2, -0.15) is 8.42 Å². The van der Waals surface area contributed by atoms with E-state index in [0.717, 1.165) is 6.07 Å². The van der Waals surface area contributed by atoms with Gasteiger partial charge in [-0.1, -0.05) is 3.89 Å². The lowest BCUT2D eigenvalue weighted by Gasteiger charge is -2.07. The van der Waals surface area contributed by atoms with Crippen LogP contribution in [0.25, 0.3) is 0 Å². The molecule has 1 aromatic rings. The summed E-state index contributed by atoms with van der Waals surface area (Å²) in [5.74, 6) is -1.69. The van der Waals surface area contributed by atoms with Gasteiger partial charge in [0.25, 0.3) is 0 Å². The lowest BCUT2D eigenvalue weighted by molar-refractivity contribution is 0.0696. The number of carboxylic acid groups (broad SMARTS) is 1. The van der Waals surface area contributed by atoms with Crippen LogP contribution in [0.4, 0.5) is 3.89 Å². The van der Waals surface area contributed by atoms with E-state index >= 15 is 0 Å². The molecule has 5 nitrogen and oxygen atoms in total. The summed E-state index contributed by atoms with van der Waals surface area (Å²) in [6.45, 7) is 1.43. The lowest BCUT2D eigenvalue weighted by atomic mass is 10.1. The Morgan fingerprint density at radius 1 is 1.50 bits per heavy atom. The van der Waals surface area contributed by atoms with Gasteiger partial charge in [0.15, 0.2) is 0 Å². The molecule has 0 atom stereocenters. The molecular weight excluding hydrogens is 259 g/mol. The molecule has 0 saturated carbocycles. The van der Waals surface area contributed by atoms with Crippen LogP contribution in [0.5, 0.6) is 5.75 Å². The molecule has 0 saturated heterocycles. The van der Waals surface area contributed by atoms with Crippen molar-refractivity contribution in [2.24, 2.45) is 0 Å². The van der Waals surface area contributed by atoms with E-state index in [9.17, 15) is 17.1 Å². The van der Waals surface area contributed by atoms with Crippen molar-refractivity contribution in [3.8, 4) is 5.75 Å². The number of aromatic carboxylic acids is 1. The summed E-state index contributed by atoms with van der Waals surface area (Å²) in [6, 6.07) is 2.12. The Labute approximate surface area is 96.7 Å². The number of halogens is 1. The van der Waals surface area contributed by atoms with Gasteiger partial charge < -0.3 is 9.29 Å². The summed E-state index contributed by atoms with van der Waals surface area (Å²) >= 11 is 3.92. The number of carboxylic acids is 1. The zero-order valence-electron chi connectivity index (χ0n) is 7.97. The zero-order chi connectivity index (χ0) is 12.5. The van der Waals surface area contributed by atoms with Gasteiger partial charge in [0, 0.05) is 10.5 Å². The van der Waals surface area contributed by atoms with Gasteiger partial charge >= 0.3 is 16.5 Å². The number of hydrogen-bond donors (Lipinski definition) is 2. The SMILES string of the molecule is Cc1c(S)cc(C(=O)O)cc1OS(=O)(=O)F. The molecule has 0 radical (unpaired) electrons. The molecule has 1 N–H and O–H groups in total. The van der Waals surface area contributed by atoms with Crippen molar-refractivity contribution in [2.45, 2.75) is 11.8 Å². The highest BCUT2D eigenvalue weighted by atomic mass is 32.3. The minimum atomic E-state index is -5.19. The molecule has 0 heterocycles. The Hall–Kier alpha value is -1.28. The first kappa shape index (κ1) is 12.8. The fraction of sp³-hybridized carbons (Fsp3) is 0.125. The molecule has 0 aliphatic carbocycles. The summed E-state index contributed by atoms with van der Waals surface area (Å²) in [4.78, 5) is 10.8. The molecule has 0 bridgehead atoms. The van der Waals surface area contributed by atoms with Gasteiger partial charge in [-0.15, -0.1) is 12.6 Å². The number of hydrogen-bond acceptors (Lipinski definition) is 5. The van der Waals surface area contributed by atoms with Crippen molar-refractivity contribution in [1.29, 1.82) is 0 Å². The predicted molar refractivity (Wildman–Crippen MR) is 56.0 cm³/mol. The van der Waals surface area contributed by atoms with Crippen LogP contribution < -0.4 is 4.18 Å². The third kappa shape index (κ3) is 3.11. The first-order valence-electron chi connectivity index (χ1n) is 3.91. The third-order valence-corrected chi connectivity index (χ3v) is 2.61. The molecular formula is C8H7FO5S2. The fourth-order valence-electron chi connectivity index (χ4n) is 0.990. The maximum Gasteiger partial charge on any atom is 0.488 e. The van der Waals surface area contributed by atoms with Gasteiger partial charge in [-0.05, 0) is 19.1 Å². The molecule has 0 unspecified atom stereocenters. The van der Waals surface area contributed by atoms with Crippen molar-refractivity contribution in [3.05, 3.63) is 23.3 Å². The van der Waals surface area contributed by atoms with Crippen LogP contribution in [0.15, 0.2) is 17.0 Å². The van der Waals surface area contributed by atoms with E-state index in [2.05, 4.69) is 16.8 Å². The van der Waals surface area contributed by atoms with Gasteiger partial charge in [-0.25, -0.2) is 4.79 Å². The van der Waals surface area contributed by atoms with Crippen LogP contribution in [0.1, 0.15) is 15.9 Å². The fourth-order valence-corrected chi connectivity index (χ4v) is 1.63. The zero-order valence-corrected chi connectivity index (χ0v) is 9.68. The van der Waals surface area contributed by atoms with Crippen LogP contribution in [-0.4, -0.2) is 19.5 Å². The lowest BCUT2D eigenvalue weighted by Crippen LogP contribution is -2.05. The molecule has 1 aromatic carbocycles. The minimum Gasteiger partial charge on any atom is -0.478 e. The smallest absolute Gasteiger partial charge is 0.478 e. The number of carbonyl (C=O) groups is 1. The summed E-state index contributed by atoms with van der Waals surface area (Å²) < 4.78 is 36.9. The monoisotopic (exact) mass is 266 g/mol. The van der Waals surface area contributed by atoms with Gasteiger partial charge in [-0.3, -0.25) is 0 Å². The Balaban J connectivity index is 3.33. The average Bonchev–Trinajstić information content (AvgIpc) is 2.10. The van der Waals surface area contributed by atoms with Crippen LogP contribution in [0.3, 0.4) is 0 Å². The molecule has 88 valence electrons. The minimum absolute atomic E-state index is 0.193. The maximum atomic E-state index is 12.3. The first-order valence-corrected chi connectivity index (χ1v) is 5.67. The maximum absolute atomic E-state index is 12.3. The highest BCUT2D eigenvalue weighted by Crippen LogP contribution is 2.27. The van der Waals surface area contributed by atoms with E-state index in [1.54, 1.807) is 0 Å². The summed E-state index contributed by atoms with van der Waals surface area (Å²) in [6.07, 6.45) is 0. The highest BCUT2D eigenvalue weighted by Gasteiger charge is 2.16. The standard InChI is InChI=1S/C8H7FO5S2/c1-4-6(14-16(9,12)13)2-5(8(10)11)3-7(4)15/h2-3,15H,1H3,(H,10,11). The van der Waals surface area contributed by atoms with E-state index in [1.165, 1.54) is 13.0 Å². The quantitative estimate of drug-likeness (QED) is 0.641. The van der Waals surface area contributed by atoms with Gasteiger partial charge in [0.2, 0.25) is 0 Å². The van der Waals surface area contributed by atoms with Crippen LogP contribution in [0.2, 0.25) is 0 Å². The number of rotatable bonds is 3. The summed E-state index contributed by atoms with van der Waals surface area (Å²) in [5, 5.41) is 8.69. The topological polar surface area (TPSA) is 80.7 Å². The van der Waals surface area contributed by atoms with E-state index < -0.39 is 22.2 Å². The molecule has 0 fully saturated rings. The Morgan fingerprint density at radius 3 is 2.50 bits per heavy atom. The second-order valence-corrected chi connectivity index (χ2v) is 4.33. The van der Waals surface area contributed by atoms with Crippen molar-refractivity contribution >= 4 is 29.1 Å². The van der Waals surface area contributed by atoms with E-state index in [-0.39, 0.29) is 16.0 Å². The van der Waals surface area contributed by atoms with Crippen molar-refractivity contribution < 1.29 is 26.4 Å². The van der Waals surface area contributed by atoms with Gasteiger partial charge in [0.1, 0.15) is 5.75 Å². The molecule has 8 heteroatoms.